The van der Waals surface area contributed by atoms with Crippen LogP contribution in [0.2, 0.25) is 0 Å². The van der Waals surface area contributed by atoms with Gasteiger partial charge in [-0.2, -0.15) is 0 Å². The van der Waals surface area contributed by atoms with Crippen LogP contribution in [-0.2, 0) is 4.79 Å². The first-order valence-corrected chi connectivity index (χ1v) is 6.86. The van der Waals surface area contributed by atoms with Crippen LogP contribution in [-0.4, -0.2) is 34.8 Å². The van der Waals surface area contributed by atoms with E-state index in [1.165, 1.54) is 0 Å². The van der Waals surface area contributed by atoms with E-state index in [0.29, 0.717) is 30.9 Å². The van der Waals surface area contributed by atoms with Crippen LogP contribution >= 0.6 is 0 Å². The van der Waals surface area contributed by atoms with Gasteiger partial charge in [0.25, 0.3) is 5.91 Å². The maximum absolute atomic E-state index is 12.5. The summed E-state index contributed by atoms with van der Waals surface area (Å²) in [5, 5.41) is 0.898. The van der Waals surface area contributed by atoms with Gasteiger partial charge in [-0.3, -0.25) is 9.59 Å². The summed E-state index contributed by atoms with van der Waals surface area (Å²) in [6, 6.07) is 7.24. The van der Waals surface area contributed by atoms with Crippen molar-refractivity contribution in [3.63, 3.8) is 0 Å². The molecule has 1 aliphatic heterocycles. The molecule has 0 radical (unpaired) electrons. The molecule has 0 spiro atoms. The minimum Gasteiger partial charge on any atom is -0.399 e. The largest absolute Gasteiger partial charge is 0.399 e. The molecule has 1 fully saturated rings. The summed E-state index contributed by atoms with van der Waals surface area (Å²) >= 11 is 0. The summed E-state index contributed by atoms with van der Waals surface area (Å²) in [6.45, 7) is 2.70. The standard InChI is InChI=1S/C15H18N4O2/c1-15(14(17)21)4-5-19(8-15)13(20)12-7-9-6-10(16)2-3-11(9)18-12/h2-3,6-7,18H,4-5,8,16H2,1H3,(H2,17,21). The Hall–Kier alpha value is -2.50. The smallest absolute Gasteiger partial charge is 0.270 e. The van der Waals surface area contributed by atoms with Crippen molar-refractivity contribution in [2.45, 2.75) is 13.3 Å². The van der Waals surface area contributed by atoms with Gasteiger partial charge in [0.1, 0.15) is 5.69 Å². The number of likely N-dealkylation sites (tertiary alicyclic amines) is 1. The lowest BCUT2D eigenvalue weighted by molar-refractivity contribution is -0.126. The van der Waals surface area contributed by atoms with Crippen LogP contribution in [0.25, 0.3) is 10.9 Å². The zero-order valence-corrected chi connectivity index (χ0v) is 11.8. The van der Waals surface area contributed by atoms with Crippen LogP contribution in [0.15, 0.2) is 24.3 Å². The van der Waals surface area contributed by atoms with Crippen molar-refractivity contribution in [1.82, 2.24) is 9.88 Å². The van der Waals surface area contributed by atoms with E-state index in [1.807, 2.05) is 12.1 Å². The Morgan fingerprint density at radius 1 is 1.33 bits per heavy atom. The van der Waals surface area contributed by atoms with Crippen molar-refractivity contribution in [3.8, 4) is 0 Å². The van der Waals surface area contributed by atoms with E-state index < -0.39 is 5.41 Å². The van der Waals surface area contributed by atoms with E-state index in [9.17, 15) is 9.59 Å². The number of fused-ring (bicyclic) bond motifs is 1. The highest BCUT2D eigenvalue weighted by Gasteiger charge is 2.41. The zero-order chi connectivity index (χ0) is 15.2. The predicted molar refractivity (Wildman–Crippen MR) is 80.5 cm³/mol. The molecule has 0 aliphatic carbocycles. The van der Waals surface area contributed by atoms with Crippen LogP contribution in [0, 0.1) is 5.41 Å². The number of aromatic nitrogens is 1. The van der Waals surface area contributed by atoms with E-state index in [1.54, 1.807) is 24.0 Å². The maximum atomic E-state index is 12.5. The maximum Gasteiger partial charge on any atom is 0.270 e. The van der Waals surface area contributed by atoms with E-state index in [4.69, 9.17) is 11.5 Å². The fraction of sp³-hybridized carbons (Fsp3) is 0.333. The topological polar surface area (TPSA) is 105 Å². The SMILES string of the molecule is CC1(C(N)=O)CCN(C(=O)c2cc3cc(N)ccc3[nH]2)C1. The number of carbonyl (C=O) groups excluding carboxylic acids is 2. The number of nitrogens with zero attached hydrogens (tertiary/aromatic N) is 1. The molecular weight excluding hydrogens is 268 g/mol. The number of hydrogen-bond donors (Lipinski definition) is 3. The van der Waals surface area contributed by atoms with Gasteiger partial charge in [0, 0.05) is 29.7 Å². The third-order valence-corrected chi connectivity index (χ3v) is 4.23. The van der Waals surface area contributed by atoms with Gasteiger partial charge in [0.05, 0.1) is 5.41 Å². The van der Waals surface area contributed by atoms with Gasteiger partial charge in [0.2, 0.25) is 5.91 Å². The number of hydrogen-bond acceptors (Lipinski definition) is 3. The minimum absolute atomic E-state index is 0.116. The first-order valence-electron chi connectivity index (χ1n) is 6.86. The molecule has 1 aromatic carbocycles. The first-order chi connectivity index (χ1) is 9.89. The number of anilines is 1. The van der Waals surface area contributed by atoms with Crippen LogP contribution in [0.5, 0.6) is 0 Å². The molecule has 1 saturated heterocycles. The van der Waals surface area contributed by atoms with E-state index in [2.05, 4.69) is 4.98 Å². The van der Waals surface area contributed by atoms with Crippen LogP contribution in [0.3, 0.4) is 0 Å². The highest BCUT2D eigenvalue weighted by atomic mass is 16.2. The van der Waals surface area contributed by atoms with Crippen molar-refractivity contribution < 1.29 is 9.59 Å². The number of rotatable bonds is 2. The molecule has 1 unspecified atom stereocenters. The molecule has 6 heteroatoms. The van der Waals surface area contributed by atoms with Crippen molar-refractivity contribution >= 4 is 28.4 Å². The van der Waals surface area contributed by atoms with Gasteiger partial charge in [-0.25, -0.2) is 0 Å². The molecule has 110 valence electrons. The van der Waals surface area contributed by atoms with Crippen LogP contribution in [0.4, 0.5) is 5.69 Å². The van der Waals surface area contributed by atoms with Crippen molar-refractivity contribution in [2.75, 3.05) is 18.8 Å². The van der Waals surface area contributed by atoms with Crippen molar-refractivity contribution in [2.24, 2.45) is 11.1 Å². The Bertz CT molecular complexity index is 736. The van der Waals surface area contributed by atoms with Crippen molar-refractivity contribution in [3.05, 3.63) is 30.0 Å². The Kier molecular flexibility index (Phi) is 2.90. The molecular formula is C15H18N4O2. The number of carbonyl (C=O) groups is 2. The fourth-order valence-corrected chi connectivity index (χ4v) is 2.77. The molecule has 0 saturated carbocycles. The van der Waals surface area contributed by atoms with E-state index in [-0.39, 0.29) is 11.8 Å². The lowest BCUT2D eigenvalue weighted by Gasteiger charge is -2.20. The molecule has 1 atom stereocenters. The molecule has 21 heavy (non-hydrogen) atoms. The molecule has 5 N–H and O–H groups in total. The first kappa shape index (κ1) is 13.5. The summed E-state index contributed by atoms with van der Waals surface area (Å²) in [5.41, 5.74) is 12.5. The highest BCUT2D eigenvalue weighted by Crippen LogP contribution is 2.30. The molecule has 2 heterocycles. The molecule has 6 nitrogen and oxygen atoms in total. The molecule has 0 bridgehead atoms. The van der Waals surface area contributed by atoms with Gasteiger partial charge in [-0.15, -0.1) is 0 Å². The Morgan fingerprint density at radius 3 is 2.76 bits per heavy atom. The van der Waals surface area contributed by atoms with Crippen LogP contribution < -0.4 is 11.5 Å². The van der Waals surface area contributed by atoms with Gasteiger partial charge in [-0.05, 0) is 37.6 Å². The van der Waals surface area contributed by atoms with Crippen LogP contribution in [0.1, 0.15) is 23.8 Å². The number of nitrogen functional groups attached to an aromatic ring is 1. The lowest BCUT2D eigenvalue weighted by Crippen LogP contribution is -2.38. The van der Waals surface area contributed by atoms with Gasteiger partial charge in [-0.1, -0.05) is 0 Å². The number of nitrogens with one attached hydrogen (secondary N) is 1. The highest BCUT2D eigenvalue weighted by molar-refractivity contribution is 5.99. The number of primary amides is 1. The normalized spacial score (nSPS) is 21.9. The number of H-pyrrole nitrogens is 1. The van der Waals surface area contributed by atoms with E-state index >= 15 is 0 Å². The Balaban J connectivity index is 1.86. The second kappa shape index (κ2) is 4.51. The van der Waals surface area contributed by atoms with Gasteiger partial charge >= 0.3 is 0 Å². The van der Waals surface area contributed by atoms with Crippen molar-refractivity contribution in [1.29, 1.82) is 0 Å². The molecule has 2 aromatic rings. The summed E-state index contributed by atoms with van der Waals surface area (Å²) in [7, 11) is 0. The molecule has 2 amide bonds. The van der Waals surface area contributed by atoms with E-state index in [0.717, 1.165) is 10.9 Å². The predicted octanol–water partition coefficient (Wildman–Crippen LogP) is 1.09. The summed E-state index contributed by atoms with van der Waals surface area (Å²) < 4.78 is 0. The average molecular weight is 286 g/mol. The monoisotopic (exact) mass is 286 g/mol. The zero-order valence-electron chi connectivity index (χ0n) is 11.8. The Morgan fingerprint density at radius 2 is 2.10 bits per heavy atom. The second-order valence-electron chi connectivity index (χ2n) is 5.93. The Labute approximate surface area is 122 Å². The van der Waals surface area contributed by atoms with Gasteiger partial charge in [0.15, 0.2) is 0 Å². The molecule has 3 rings (SSSR count). The summed E-state index contributed by atoms with van der Waals surface area (Å²) in [6.07, 6.45) is 0.598. The fourth-order valence-electron chi connectivity index (χ4n) is 2.77. The number of aromatic amines is 1. The number of amides is 2. The third-order valence-electron chi connectivity index (χ3n) is 4.23. The van der Waals surface area contributed by atoms with Gasteiger partial charge < -0.3 is 21.4 Å². The summed E-state index contributed by atoms with van der Waals surface area (Å²) in [4.78, 5) is 28.8. The number of nitrogens with two attached hydrogens (primary N) is 2. The second-order valence-corrected chi connectivity index (χ2v) is 5.93. The average Bonchev–Trinajstić information content (AvgIpc) is 3.02. The molecule has 1 aromatic heterocycles. The molecule has 1 aliphatic rings. The number of benzene rings is 1. The summed E-state index contributed by atoms with van der Waals surface area (Å²) in [5.74, 6) is -0.475. The quantitative estimate of drug-likeness (QED) is 0.719. The lowest BCUT2D eigenvalue weighted by atomic mass is 9.89. The minimum atomic E-state index is -0.633. The third kappa shape index (κ3) is 2.22.